The number of benzene rings is 1. The van der Waals surface area contributed by atoms with Gasteiger partial charge in [-0.2, -0.15) is 4.83 Å². The van der Waals surface area contributed by atoms with Crippen LogP contribution in [0.1, 0.15) is 58.2 Å². The zero-order valence-electron chi connectivity index (χ0n) is 15.0. The average molecular weight is 355 g/mol. The molecule has 0 unspecified atom stereocenters. The quantitative estimate of drug-likeness (QED) is 0.702. The van der Waals surface area contributed by atoms with Gasteiger partial charge < -0.3 is 14.9 Å². The molecule has 0 radical (unpaired) electrons. The Kier molecular flexibility index (Phi) is 4.66. The predicted octanol–water partition coefficient (Wildman–Crippen LogP) is 3.67. The third-order valence-electron chi connectivity index (χ3n) is 3.94. The Morgan fingerprint density at radius 3 is 1.88 bits per heavy atom. The molecule has 1 aromatic carbocycles. The Hall–Kier alpha value is -1.33. The molecule has 0 saturated heterocycles. The maximum atomic E-state index is 11.7. The molecule has 6 nitrogen and oxygen atoms in total. The zero-order chi connectivity index (χ0) is 18.5. The van der Waals surface area contributed by atoms with Gasteiger partial charge in [-0.25, -0.2) is 4.57 Å². The normalized spacial score (nSPS) is 16.5. The molecular weight excluding hydrogens is 329 g/mol. The van der Waals surface area contributed by atoms with Crippen molar-refractivity contribution in [2.75, 3.05) is 6.61 Å². The lowest BCUT2D eigenvalue weighted by molar-refractivity contribution is -0.0266. The van der Waals surface area contributed by atoms with Crippen molar-refractivity contribution in [3.05, 3.63) is 34.9 Å². The van der Waals surface area contributed by atoms with E-state index in [1.165, 1.54) is 0 Å². The Morgan fingerprint density at radius 1 is 1.04 bits per heavy atom. The Balaban J connectivity index is 2.70. The van der Waals surface area contributed by atoms with E-state index < -0.39 is 7.75 Å². The molecule has 7 heteroatoms. The van der Waals surface area contributed by atoms with Crippen LogP contribution in [0.15, 0.2) is 18.2 Å². The van der Waals surface area contributed by atoms with E-state index in [2.05, 4.69) is 0 Å². The molecule has 0 saturated carbocycles. The van der Waals surface area contributed by atoms with Gasteiger partial charge in [-0.15, -0.1) is 0 Å². The zero-order valence-corrected chi connectivity index (χ0v) is 15.9. The van der Waals surface area contributed by atoms with Gasteiger partial charge in [0.2, 0.25) is 0 Å². The molecular formula is C17H26NO5P. The Morgan fingerprint density at radius 2 is 1.50 bits per heavy atom. The van der Waals surface area contributed by atoms with Crippen molar-refractivity contribution >= 4 is 13.4 Å². The molecule has 2 rings (SSSR count). The lowest BCUT2D eigenvalue weighted by Gasteiger charge is -2.29. The number of hydrogen-bond acceptors (Lipinski definition) is 3. The summed E-state index contributed by atoms with van der Waals surface area (Å²) in [4.78, 5) is 24.7. The SMILES string of the molecule is CC(C)(C)c1cc(C2=CCON2P(=O)(O)O)cc(C(C)(C)C)c1O. The summed E-state index contributed by atoms with van der Waals surface area (Å²) in [5.74, 6) is 0.223. The fourth-order valence-electron chi connectivity index (χ4n) is 2.70. The number of hydroxylamine groups is 1. The molecule has 1 aromatic rings. The van der Waals surface area contributed by atoms with Gasteiger partial charge in [-0.05, 0) is 29.0 Å². The molecule has 0 aromatic heterocycles. The summed E-state index contributed by atoms with van der Waals surface area (Å²) in [6.07, 6.45) is 1.63. The molecule has 3 N–H and O–H groups in total. The highest BCUT2D eigenvalue weighted by Crippen LogP contribution is 2.50. The second kappa shape index (κ2) is 5.88. The van der Waals surface area contributed by atoms with E-state index in [0.29, 0.717) is 16.1 Å². The van der Waals surface area contributed by atoms with Crippen LogP contribution in [0, 0.1) is 0 Å². The predicted molar refractivity (Wildman–Crippen MR) is 93.3 cm³/mol. The molecule has 0 aliphatic carbocycles. The van der Waals surface area contributed by atoms with Crippen LogP contribution >= 0.6 is 7.75 Å². The van der Waals surface area contributed by atoms with Gasteiger partial charge in [-0.3, -0.25) is 4.84 Å². The average Bonchev–Trinajstić information content (AvgIpc) is 2.85. The number of rotatable bonds is 2. The van der Waals surface area contributed by atoms with Crippen LogP contribution < -0.4 is 0 Å². The van der Waals surface area contributed by atoms with Crippen LogP contribution in [0.5, 0.6) is 5.75 Å². The molecule has 24 heavy (non-hydrogen) atoms. The topological polar surface area (TPSA) is 90.2 Å². The smallest absolute Gasteiger partial charge is 0.453 e. The number of aromatic hydroxyl groups is 1. The van der Waals surface area contributed by atoms with Crippen LogP contribution in [0.3, 0.4) is 0 Å². The van der Waals surface area contributed by atoms with Crippen molar-refractivity contribution in [2.24, 2.45) is 0 Å². The highest BCUT2D eigenvalue weighted by atomic mass is 31.2. The summed E-state index contributed by atoms with van der Waals surface area (Å²) in [7, 11) is -4.58. The van der Waals surface area contributed by atoms with E-state index in [1.54, 1.807) is 18.2 Å². The first-order valence-electron chi connectivity index (χ1n) is 7.80. The van der Waals surface area contributed by atoms with Crippen LogP contribution in [0.25, 0.3) is 5.70 Å². The van der Waals surface area contributed by atoms with E-state index in [4.69, 9.17) is 4.84 Å². The molecule has 134 valence electrons. The van der Waals surface area contributed by atoms with E-state index in [9.17, 15) is 19.5 Å². The van der Waals surface area contributed by atoms with Crippen molar-refractivity contribution in [3.8, 4) is 5.75 Å². The maximum absolute atomic E-state index is 11.7. The highest BCUT2D eigenvalue weighted by molar-refractivity contribution is 7.49. The molecule has 0 fully saturated rings. The van der Waals surface area contributed by atoms with Gasteiger partial charge in [0.05, 0.1) is 12.3 Å². The van der Waals surface area contributed by atoms with E-state index in [-0.39, 0.29) is 23.2 Å². The van der Waals surface area contributed by atoms with E-state index in [1.807, 2.05) is 41.5 Å². The van der Waals surface area contributed by atoms with Crippen molar-refractivity contribution in [1.82, 2.24) is 4.83 Å². The van der Waals surface area contributed by atoms with E-state index >= 15 is 0 Å². The molecule has 0 bridgehead atoms. The minimum atomic E-state index is -4.58. The summed E-state index contributed by atoms with van der Waals surface area (Å²) < 4.78 is 11.7. The van der Waals surface area contributed by atoms with Crippen LogP contribution in [0.2, 0.25) is 0 Å². The van der Waals surface area contributed by atoms with Gasteiger partial charge in [0.1, 0.15) is 5.75 Å². The molecule has 0 spiro atoms. The summed E-state index contributed by atoms with van der Waals surface area (Å²) in [6.45, 7) is 12.0. The number of hydrogen-bond donors (Lipinski definition) is 3. The van der Waals surface area contributed by atoms with Gasteiger partial charge >= 0.3 is 7.75 Å². The lowest BCUT2D eigenvalue weighted by atomic mass is 9.78. The first kappa shape index (κ1) is 19.0. The van der Waals surface area contributed by atoms with Gasteiger partial charge in [-0.1, -0.05) is 41.5 Å². The third kappa shape index (κ3) is 3.67. The molecule has 1 heterocycles. The van der Waals surface area contributed by atoms with Gasteiger partial charge in [0.15, 0.2) is 0 Å². The van der Waals surface area contributed by atoms with Crippen molar-refractivity contribution in [3.63, 3.8) is 0 Å². The number of nitrogens with zero attached hydrogens (tertiary/aromatic N) is 1. The minimum Gasteiger partial charge on any atom is -0.507 e. The second-order valence-corrected chi connectivity index (χ2v) is 9.48. The molecule has 0 atom stereocenters. The first-order valence-corrected chi connectivity index (χ1v) is 9.37. The summed E-state index contributed by atoms with van der Waals surface area (Å²) in [6, 6.07) is 3.54. The second-order valence-electron chi connectivity index (χ2n) is 8.09. The monoisotopic (exact) mass is 355 g/mol. The lowest BCUT2D eigenvalue weighted by Crippen LogP contribution is -2.19. The summed E-state index contributed by atoms with van der Waals surface area (Å²) >= 11 is 0. The van der Waals surface area contributed by atoms with Gasteiger partial charge in [0, 0.05) is 16.7 Å². The summed E-state index contributed by atoms with van der Waals surface area (Å²) in [5.41, 5.74) is 1.73. The number of phenols is 1. The standard InChI is InChI=1S/C17H26NO5P/c1-16(2,3)12-9-11(10-13(15(12)19)17(4,5)6)14-7-8-23-18(14)24(20,21)22/h7,9-10,19H,8H2,1-6H3,(H2,20,21,22). The molecule has 0 amide bonds. The fraction of sp³-hybridized carbons (Fsp3) is 0.529. The Labute approximate surface area is 142 Å². The van der Waals surface area contributed by atoms with Crippen LogP contribution in [-0.4, -0.2) is 26.3 Å². The highest BCUT2D eigenvalue weighted by Gasteiger charge is 2.35. The van der Waals surface area contributed by atoms with Crippen molar-refractivity contribution in [2.45, 2.75) is 52.4 Å². The van der Waals surface area contributed by atoms with Crippen molar-refractivity contribution in [1.29, 1.82) is 0 Å². The van der Waals surface area contributed by atoms with Gasteiger partial charge in [0.25, 0.3) is 0 Å². The van der Waals surface area contributed by atoms with Crippen molar-refractivity contribution < 1.29 is 24.3 Å². The summed E-state index contributed by atoms with van der Waals surface area (Å²) in [5, 5.41) is 10.7. The third-order valence-corrected chi connectivity index (χ3v) is 4.74. The van der Waals surface area contributed by atoms with Crippen LogP contribution in [0.4, 0.5) is 0 Å². The fourth-order valence-corrected chi connectivity index (χ4v) is 3.40. The molecule has 1 aliphatic rings. The largest absolute Gasteiger partial charge is 0.507 e. The maximum Gasteiger partial charge on any atom is 0.453 e. The molecule has 1 aliphatic heterocycles. The first-order chi connectivity index (χ1) is 10.7. The van der Waals surface area contributed by atoms with E-state index in [0.717, 1.165) is 11.1 Å². The van der Waals surface area contributed by atoms with Crippen LogP contribution in [-0.2, 0) is 20.2 Å². The Bertz CT molecular complexity index is 686. The number of phenolic OH excluding ortho intramolecular Hbond substituents is 1. The minimum absolute atomic E-state index is 0.0943.